The standard InChI is InChI=1S/C18H25N5O/c1-14(13-23-10-4-8-20-23)12-19-18(24)21-16-6-7-17-15(11-16)5-3-9-22(17)2/h4,6-8,10-11,14H,3,5,9,12-13H2,1-2H3,(H2,19,21,24). The summed E-state index contributed by atoms with van der Waals surface area (Å²) in [7, 11) is 2.11. The van der Waals surface area contributed by atoms with E-state index in [1.54, 1.807) is 6.20 Å². The van der Waals surface area contributed by atoms with E-state index in [0.29, 0.717) is 12.5 Å². The zero-order chi connectivity index (χ0) is 16.9. The van der Waals surface area contributed by atoms with Crippen LogP contribution in [0.2, 0.25) is 0 Å². The molecule has 3 rings (SSSR count). The molecule has 2 heterocycles. The number of urea groups is 1. The Kier molecular flexibility index (Phi) is 5.03. The van der Waals surface area contributed by atoms with Crippen molar-refractivity contribution in [3.8, 4) is 0 Å². The number of nitrogens with one attached hydrogen (secondary N) is 2. The summed E-state index contributed by atoms with van der Waals surface area (Å²) in [6.07, 6.45) is 5.92. The van der Waals surface area contributed by atoms with Crippen LogP contribution in [0.1, 0.15) is 18.9 Å². The number of benzene rings is 1. The predicted molar refractivity (Wildman–Crippen MR) is 96.4 cm³/mol. The highest BCUT2D eigenvalue weighted by molar-refractivity contribution is 5.89. The summed E-state index contributed by atoms with van der Waals surface area (Å²) in [6.45, 7) is 4.59. The summed E-state index contributed by atoms with van der Waals surface area (Å²) < 4.78 is 1.88. The normalized spacial score (nSPS) is 14.8. The molecule has 1 unspecified atom stereocenters. The Labute approximate surface area is 142 Å². The molecule has 128 valence electrons. The van der Waals surface area contributed by atoms with Crippen LogP contribution in [-0.2, 0) is 13.0 Å². The third-order valence-corrected chi connectivity index (χ3v) is 4.36. The molecule has 1 aromatic carbocycles. The van der Waals surface area contributed by atoms with Crippen molar-refractivity contribution >= 4 is 17.4 Å². The van der Waals surface area contributed by atoms with Gasteiger partial charge in [0.2, 0.25) is 0 Å². The predicted octanol–water partition coefficient (Wildman–Crippen LogP) is 2.72. The minimum Gasteiger partial charge on any atom is -0.374 e. The molecule has 6 heteroatoms. The summed E-state index contributed by atoms with van der Waals surface area (Å²) in [5.74, 6) is 0.313. The Morgan fingerprint density at radius 1 is 1.42 bits per heavy atom. The second-order valence-electron chi connectivity index (χ2n) is 6.54. The van der Waals surface area contributed by atoms with Gasteiger partial charge < -0.3 is 15.5 Å². The molecule has 0 saturated heterocycles. The average molecular weight is 327 g/mol. The number of aromatic nitrogens is 2. The molecule has 6 nitrogen and oxygen atoms in total. The van der Waals surface area contributed by atoms with Gasteiger partial charge in [0.05, 0.1) is 0 Å². The van der Waals surface area contributed by atoms with Crippen molar-refractivity contribution in [3.63, 3.8) is 0 Å². The van der Waals surface area contributed by atoms with E-state index < -0.39 is 0 Å². The lowest BCUT2D eigenvalue weighted by molar-refractivity contribution is 0.249. The molecule has 0 bridgehead atoms. The van der Waals surface area contributed by atoms with Gasteiger partial charge in [-0.3, -0.25) is 4.68 Å². The first-order valence-corrected chi connectivity index (χ1v) is 8.48. The van der Waals surface area contributed by atoms with Gasteiger partial charge in [0.25, 0.3) is 0 Å². The molecule has 2 N–H and O–H groups in total. The van der Waals surface area contributed by atoms with Gasteiger partial charge >= 0.3 is 6.03 Å². The molecule has 2 aromatic rings. The van der Waals surface area contributed by atoms with E-state index in [0.717, 1.165) is 31.6 Å². The number of hydrogen-bond acceptors (Lipinski definition) is 3. The highest BCUT2D eigenvalue weighted by Crippen LogP contribution is 2.28. The van der Waals surface area contributed by atoms with Crippen molar-refractivity contribution in [2.45, 2.75) is 26.3 Å². The lowest BCUT2D eigenvalue weighted by Gasteiger charge is -2.27. The van der Waals surface area contributed by atoms with Crippen molar-refractivity contribution in [3.05, 3.63) is 42.2 Å². The quantitative estimate of drug-likeness (QED) is 0.887. The number of anilines is 2. The molecule has 0 radical (unpaired) electrons. The van der Waals surface area contributed by atoms with Gasteiger partial charge in [-0.25, -0.2) is 4.79 Å². The maximum absolute atomic E-state index is 12.1. The zero-order valence-electron chi connectivity index (χ0n) is 14.3. The highest BCUT2D eigenvalue weighted by atomic mass is 16.2. The van der Waals surface area contributed by atoms with Crippen LogP contribution < -0.4 is 15.5 Å². The van der Waals surface area contributed by atoms with Gasteiger partial charge in [-0.2, -0.15) is 5.10 Å². The molecule has 0 aliphatic carbocycles. The van der Waals surface area contributed by atoms with Crippen LogP contribution in [0.3, 0.4) is 0 Å². The number of carbonyl (C=O) groups is 1. The molecule has 2 amide bonds. The summed E-state index contributed by atoms with van der Waals surface area (Å²) in [6, 6.07) is 7.88. The van der Waals surface area contributed by atoms with Crippen LogP contribution in [0.4, 0.5) is 16.2 Å². The molecule has 1 aliphatic rings. The van der Waals surface area contributed by atoms with Gasteiger partial charge in [0.1, 0.15) is 0 Å². The van der Waals surface area contributed by atoms with Gasteiger partial charge in [-0.05, 0) is 48.6 Å². The van der Waals surface area contributed by atoms with Gasteiger partial charge in [-0.15, -0.1) is 0 Å². The number of amides is 2. The highest BCUT2D eigenvalue weighted by Gasteiger charge is 2.14. The SMILES string of the molecule is CC(CNC(=O)Nc1ccc2c(c1)CCCN2C)Cn1cccn1. The van der Waals surface area contributed by atoms with Gasteiger partial charge in [0, 0.05) is 50.5 Å². The fourth-order valence-corrected chi connectivity index (χ4v) is 3.10. The Bertz CT molecular complexity index is 683. The molecule has 0 fully saturated rings. The van der Waals surface area contributed by atoms with Crippen molar-refractivity contribution in [2.75, 3.05) is 30.4 Å². The van der Waals surface area contributed by atoms with Crippen LogP contribution in [0.15, 0.2) is 36.7 Å². The van der Waals surface area contributed by atoms with Crippen LogP contribution in [0.25, 0.3) is 0 Å². The lowest BCUT2D eigenvalue weighted by Crippen LogP contribution is -2.33. The summed E-state index contributed by atoms with van der Waals surface area (Å²) in [4.78, 5) is 14.4. The van der Waals surface area contributed by atoms with E-state index >= 15 is 0 Å². The Hall–Kier alpha value is -2.50. The molecule has 1 atom stereocenters. The maximum Gasteiger partial charge on any atom is 0.319 e. The van der Waals surface area contributed by atoms with E-state index in [4.69, 9.17) is 0 Å². The number of aryl methyl sites for hydroxylation is 1. The topological polar surface area (TPSA) is 62.2 Å². The van der Waals surface area contributed by atoms with Crippen molar-refractivity contribution in [1.29, 1.82) is 0 Å². The van der Waals surface area contributed by atoms with E-state index in [1.807, 2.05) is 23.0 Å². The third kappa shape index (κ3) is 4.07. The minimum atomic E-state index is -0.161. The van der Waals surface area contributed by atoms with Crippen LogP contribution in [0, 0.1) is 5.92 Å². The zero-order valence-corrected chi connectivity index (χ0v) is 14.3. The molecule has 1 aromatic heterocycles. The largest absolute Gasteiger partial charge is 0.374 e. The number of carbonyl (C=O) groups excluding carboxylic acids is 1. The van der Waals surface area contributed by atoms with E-state index in [9.17, 15) is 4.79 Å². The molecular formula is C18H25N5O. The van der Waals surface area contributed by atoms with Gasteiger partial charge in [-0.1, -0.05) is 6.92 Å². The van der Waals surface area contributed by atoms with Crippen LogP contribution in [-0.4, -0.2) is 35.9 Å². The van der Waals surface area contributed by atoms with Crippen molar-refractivity contribution < 1.29 is 4.79 Å². The Balaban J connectivity index is 1.50. The number of hydrogen-bond donors (Lipinski definition) is 2. The summed E-state index contributed by atoms with van der Waals surface area (Å²) >= 11 is 0. The van der Waals surface area contributed by atoms with E-state index in [1.165, 1.54) is 11.3 Å². The number of fused-ring (bicyclic) bond motifs is 1. The number of nitrogens with zero attached hydrogens (tertiary/aromatic N) is 3. The first kappa shape index (κ1) is 16.4. The molecule has 0 saturated carbocycles. The second-order valence-corrected chi connectivity index (χ2v) is 6.54. The second kappa shape index (κ2) is 7.38. The van der Waals surface area contributed by atoms with Crippen LogP contribution in [0.5, 0.6) is 0 Å². The molecular weight excluding hydrogens is 302 g/mol. The lowest BCUT2D eigenvalue weighted by atomic mass is 10.0. The van der Waals surface area contributed by atoms with Crippen molar-refractivity contribution in [2.24, 2.45) is 5.92 Å². The summed E-state index contributed by atoms with van der Waals surface area (Å²) in [5.41, 5.74) is 3.41. The Morgan fingerprint density at radius 3 is 3.08 bits per heavy atom. The van der Waals surface area contributed by atoms with Crippen LogP contribution >= 0.6 is 0 Å². The molecule has 1 aliphatic heterocycles. The first-order valence-electron chi connectivity index (χ1n) is 8.48. The summed E-state index contributed by atoms with van der Waals surface area (Å²) in [5, 5.41) is 10.0. The van der Waals surface area contributed by atoms with Gasteiger partial charge in [0.15, 0.2) is 0 Å². The minimum absolute atomic E-state index is 0.161. The maximum atomic E-state index is 12.1. The molecule has 24 heavy (non-hydrogen) atoms. The average Bonchev–Trinajstić information content (AvgIpc) is 3.06. The smallest absolute Gasteiger partial charge is 0.319 e. The monoisotopic (exact) mass is 327 g/mol. The Morgan fingerprint density at radius 2 is 2.29 bits per heavy atom. The first-order chi connectivity index (χ1) is 11.6. The fourth-order valence-electron chi connectivity index (χ4n) is 3.10. The van der Waals surface area contributed by atoms with E-state index in [-0.39, 0.29) is 6.03 Å². The third-order valence-electron chi connectivity index (χ3n) is 4.36. The molecule has 0 spiro atoms. The fraction of sp³-hybridized carbons (Fsp3) is 0.444. The van der Waals surface area contributed by atoms with E-state index in [2.05, 4.69) is 46.7 Å². The number of rotatable bonds is 5. The van der Waals surface area contributed by atoms with Crippen molar-refractivity contribution in [1.82, 2.24) is 15.1 Å².